The van der Waals surface area contributed by atoms with Crippen LogP contribution in [0.5, 0.6) is 11.5 Å². The van der Waals surface area contributed by atoms with Gasteiger partial charge in [0.15, 0.2) is 11.6 Å². The van der Waals surface area contributed by atoms with Gasteiger partial charge in [-0.25, -0.2) is 4.90 Å². The summed E-state index contributed by atoms with van der Waals surface area (Å²) in [4.78, 5) is 59.0. The number of phenolic OH excluding ortho intramolecular Hbond substituents is 1. The lowest BCUT2D eigenvalue weighted by Gasteiger charge is -2.55. The minimum absolute atomic E-state index is 0.0387. The van der Waals surface area contributed by atoms with Gasteiger partial charge in [0.2, 0.25) is 11.8 Å². The first-order chi connectivity index (χ1) is 27.7. The molecule has 304 valence electrons. The lowest BCUT2D eigenvalue weighted by molar-refractivity contribution is -0.274. The number of imide groups is 1. The summed E-state index contributed by atoms with van der Waals surface area (Å²) in [5.41, 5.74) is -6.19. The molecule has 4 aromatic carbocycles. The molecule has 1 aliphatic heterocycles. The van der Waals surface area contributed by atoms with Crippen molar-refractivity contribution in [2.45, 2.75) is 42.9 Å². The van der Waals surface area contributed by atoms with Crippen LogP contribution in [0.25, 0.3) is 5.57 Å². The van der Waals surface area contributed by atoms with Crippen LogP contribution in [-0.2, 0) is 36.9 Å². The number of alkyl halides is 9. The smallest absolute Gasteiger partial charge is 0.508 e. The summed E-state index contributed by atoms with van der Waals surface area (Å²) in [5, 5.41) is 11.5. The van der Waals surface area contributed by atoms with Gasteiger partial charge in [-0.05, 0) is 72.4 Å². The maximum atomic E-state index is 15.1. The third kappa shape index (κ3) is 6.48. The molecule has 0 aromatic heterocycles. The SMILES string of the molecule is O=C1C(c2ccccc2)=CC(=O)[C@@]2(c3ccccc3)[C@@H](c3cc(OC(F)(F)F)ccc3O)C3=CC[C@@H]4C(=O)N(c5cc(C(F)(F)F)cc(C(F)(F)F)c5)C(=O)[C@@H]4[C@@H]3C[C@@H]12. The average molecular weight is 826 g/mol. The van der Waals surface area contributed by atoms with E-state index in [1.807, 2.05) is 0 Å². The third-order valence-electron chi connectivity index (χ3n) is 11.7. The molecular weight excluding hydrogens is 797 g/mol. The topological polar surface area (TPSA) is 101 Å². The highest BCUT2D eigenvalue weighted by Gasteiger charge is 2.66. The van der Waals surface area contributed by atoms with Crippen LogP contribution in [0.1, 0.15) is 46.6 Å². The number of nitrogens with zero attached hydrogens (tertiary/aromatic N) is 1. The first-order valence-corrected chi connectivity index (χ1v) is 18.1. The molecule has 3 aliphatic carbocycles. The molecule has 4 aliphatic rings. The summed E-state index contributed by atoms with van der Waals surface area (Å²) < 4.78 is 129. The Morgan fingerprint density at radius 3 is 1.92 bits per heavy atom. The van der Waals surface area contributed by atoms with Gasteiger partial charge in [0, 0.05) is 23.0 Å². The van der Waals surface area contributed by atoms with E-state index in [9.17, 15) is 54.2 Å². The van der Waals surface area contributed by atoms with E-state index in [2.05, 4.69) is 4.74 Å². The fraction of sp³-hybridized carbons (Fsp3) is 0.256. The zero-order chi connectivity index (χ0) is 42.4. The molecule has 0 radical (unpaired) electrons. The first kappa shape index (κ1) is 39.6. The number of aromatic hydroxyl groups is 1. The second-order valence-electron chi connectivity index (χ2n) is 14.8. The molecule has 2 amide bonds. The van der Waals surface area contributed by atoms with Gasteiger partial charge in [-0.2, -0.15) is 26.3 Å². The van der Waals surface area contributed by atoms with Crippen LogP contribution < -0.4 is 9.64 Å². The van der Waals surface area contributed by atoms with Crippen molar-refractivity contribution in [1.29, 1.82) is 0 Å². The summed E-state index contributed by atoms with van der Waals surface area (Å²) in [6.07, 6.45) is -14.0. The number of anilines is 1. The van der Waals surface area contributed by atoms with E-state index in [4.69, 9.17) is 0 Å². The summed E-state index contributed by atoms with van der Waals surface area (Å²) >= 11 is 0. The van der Waals surface area contributed by atoms with Crippen molar-refractivity contribution in [2.75, 3.05) is 4.90 Å². The second kappa shape index (κ2) is 13.7. The van der Waals surface area contributed by atoms with E-state index >= 15 is 9.59 Å². The molecule has 6 atom stereocenters. The molecule has 1 saturated heterocycles. The molecule has 1 saturated carbocycles. The molecule has 59 heavy (non-hydrogen) atoms. The Balaban J connectivity index is 1.35. The largest absolute Gasteiger partial charge is 0.573 e. The monoisotopic (exact) mass is 825 g/mol. The maximum Gasteiger partial charge on any atom is 0.573 e. The van der Waals surface area contributed by atoms with Crippen LogP contribution in [0, 0.1) is 23.7 Å². The number of rotatable bonds is 5. The first-order valence-electron chi connectivity index (χ1n) is 18.1. The Labute approximate surface area is 328 Å². The number of ketones is 2. The standard InChI is InChI=1S/C43H28F9NO6/c44-41(45,46)23-15-24(42(47,48)49)17-25(16-23)53-38(57)28-13-12-27-30(35(28)39(53)58)19-32-37(56)29(21-7-3-1-4-8-21)20-34(55)40(32,22-9-5-2-6-10-22)36(27)31-18-26(11-14-33(31)54)59-43(50,51)52/h1-12,14-18,20,28,30,32,35-36,54H,13,19H2/t28-,30+,32-,35-,36+,40-/m0/s1. The van der Waals surface area contributed by atoms with Gasteiger partial charge in [-0.1, -0.05) is 72.3 Å². The van der Waals surface area contributed by atoms with Gasteiger partial charge in [-0.15, -0.1) is 13.2 Å². The summed E-state index contributed by atoms with van der Waals surface area (Å²) in [7, 11) is 0. The number of ether oxygens (including phenoxy) is 1. The molecule has 4 aromatic rings. The van der Waals surface area contributed by atoms with Crippen molar-refractivity contribution in [3.8, 4) is 11.5 Å². The van der Waals surface area contributed by atoms with Gasteiger partial charge in [0.25, 0.3) is 0 Å². The second-order valence-corrected chi connectivity index (χ2v) is 14.8. The predicted molar refractivity (Wildman–Crippen MR) is 190 cm³/mol. The Hall–Kier alpha value is -6.19. The molecule has 0 unspecified atom stereocenters. The van der Waals surface area contributed by atoms with Gasteiger partial charge < -0.3 is 9.84 Å². The lowest BCUT2D eigenvalue weighted by Crippen LogP contribution is -2.58. The molecule has 1 heterocycles. The van der Waals surface area contributed by atoms with Gasteiger partial charge in [-0.3, -0.25) is 19.2 Å². The number of benzene rings is 4. The minimum atomic E-state index is -5.31. The third-order valence-corrected chi connectivity index (χ3v) is 11.7. The summed E-state index contributed by atoms with van der Waals surface area (Å²) in [5.74, 6) is -12.1. The Kier molecular flexibility index (Phi) is 9.20. The number of hydrogen-bond donors (Lipinski definition) is 1. The summed E-state index contributed by atoms with van der Waals surface area (Å²) in [6.45, 7) is 0. The molecule has 2 fully saturated rings. The fourth-order valence-electron chi connectivity index (χ4n) is 9.50. The van der Waals surface area contributed by atoms with Crippen molar-refractivity contribution >= 4 is 34.6 Å². The van der Waals surface area contributed by atoms with Crippen molar-refractivity contribution < 1.29 is 68.5 Å². The van der Waals surface area contributed by atoms with Gasteiger partial charge in [0.05, 0.1) is 34.1 Å². The molecule has 7 nitrogen and oxygen atoms in total. The molecule has 1 N–H and O–H groups in total. The van der Waals surface area contributed by atoms with Crippen molar-refractivity contribution in [1.82, 2.24) is 0 Å². The van der Waals surface area contributed by atoms with Gasteiger partial charge >= 0.3 is 18.7 Å². The van der Waals surface area contributed by atoms with E-state index in [-0.39, 0.29) is 58.2 Å². The number of phenols is 1. The number of allylic oxidation sites excluding steroid dienone is 4. The lowest BCUT2D eigenvalue weighted by atomic mass is 9.44. The number of carbonyl (C=O) groups excluding carboxylic acids is 4. The number of fused-ring (bicyclic) bond motifs is 4. The van der Waals surface area contributed by atoms with Gasteiger partial charge in [0.1, 0.15) is 11.5 Å². The molecular formula is C43H28F9NO6. The van der Waals surface area contributed by atoms with Crippen LogP contribution in [0.2, 0.25) is 0 Å². The number of Topliss-reactive ketones (excluding diaryl/α,β-unsaturated/α-hetero) is 1. The summed E-state index contributed by atoms with van der Waals surface area (Å²) in [6, 6.07) is 18.8. The molecule has 0 spiro atoms. The highest BCUT2D eigenvalue weighted by molar-refractivity contribution is 6.32. The Morgan fingerprint density at radius 2 is 1.32 bits per heavy atom. The van der Waals surface area contributed by atoms with E-state index in [1.165, 1.54) is 18.2 Å². The quantitative estimate of drug-likeness (QED) is 0.122. The van der Waals surface area contributed by atoms with Crippen molar-refractivity contribution in [3.63, 3.8) is 0 Å². The average Bonchev–Trinajstić information content (AvgIpc) is 3.44. The molecule has 8 rings (SSSR count). The van der Waals surface area contributed by atoms with E-state index in [1.54, 1.807) is 48.5 Å². The molecule has 16 heteroatoms. The normalized spacial score (nSPS) is 25.8. The van der Waals surface area contributed by atoms with Crippen LogP contribution in [0.3, 0.4) is 0 Å². The zero-order valence-electron chi connectivity index (χ0n) is 30.0. The zero-order valence-corrected chi connectivity index (χ0v) is 30.0. The van der Waals surface area contributed by atoms with Crippen molar-refractivity contribution in [2.24, 2.45) is 23.7 Å². The highest BCUT2D eigenvalue weighted by atomic mass is 19.4. The Bertz CT molecular complexity index is 2440. The predicted octanol–water partition coefficient (Wildman–Crippen LogP) is 9.36. The van der Waals surface area contributed by atoms with Crippen LogP contribution in [-0.4, -0.2) is 34.8 Å². The van der Waals surface area contributed by atoms with E-state index in [0.717, 1.165) is 24.3 Å². The molecule has 0 bridgehead atoms. The minimum Gasteiger partial charge on any atom is -0.508 e. The number of carbonyl (C=O) groups is 4. The fourth-order valence-corrected chi connectivity index (χ4v) is 9.50. The number of amides is 2. The van der Waals surface area contributed by atoms with Crippen LogP contribution in [0.4, 0.5) is 45.2 Å². The van der Waals surface area contributed by atoms with E-state index in [0.29, 0.717) is 5.56 Å². The van der Waals surface area contributed by atoms with E-state index < -0.39 is 105 Å². The van der Waals surface area contributed by atoms with Crippen molar-refractivity contribution in [3.05, 3.63) is 143 Å². The van der Waals surface area contributed by atoms with Crippen LogP contribution >= 0.6 is 0 Å². The van der Waals surface area contributed by atoms with Crippen LogP contribution in [0.15, 0.2) is 115 Å². The Morgan fingerprint density at radius 1 is 0.712 bits per heavy atom. The highest BCUT2D eigenvalue weighted by Crippen LogP contribution is 2.65. The number of hydrogen-bond acceptors (Lipinski definition) is 6. The number of halogens is 9. The maximum absolute atomic E-state index is 15.1.